The van der Waals surface area contributed by atoms with Gasteiger partial charge in [0.1, 0.15) is 0 Å². The molecule has 1 aliphatic carbocycles. The fraction of sp³-hybridized carbons (Fsp3) is 0.857. The topological polar surface area (TPSA) is 61.4 Å². The summed E-state index contributed by atoms with van der Waals surface area (Å²) in [4.78, 5) is 25.7. The normalized spacial score (nSPS) is 24.9. The number of likely N-dealkylation sites (tertiary alicyclic amines) is 1. The van der Waals surface area contributed by atoms with Crippen molar-refractivity contribution in [2.75, 3.05) is 26.2 Å². The van der Waals surface area contributed by atoms with Crippen LogP contribution in [0.25, 0.3) is 0 Å². The van der Waals surface area contributed by atoms with Gasteiger partial charge in [-0.1, -0.05) is 0 Å². The highest BCUT2D eigenvalue weighted by molar-refractivity contribution is 5.81. The summed E-state index contributed by atoms with van der Waals surface area (Å²) in [5.74, 6) is 1.34. The van der Waals surface area contributed by atoms with E-state index in [2.05, 4.69) is 10.6 Å². The lowest BCUT2D eigenvalue weighted by atomic mass is 9.97. The maximum absolute atomic E-state index is 12.1. The standard InChI is InChI=1S/C14H23N3O2/c18-13(7-10-8-15-9-10)17-5-3-12(4-6-17)16-14(19)11-1-2-11/h10-12,15H,1-9H2,(H,16,19). The molecule has 19 heavy (non-hydrogen) atoms. The summed E-state index contributed by atoms with van der Waals surface area (Å²) in [7, 11) is 0. The molecule has 2 aliphatic heterocycles. The second kappa shape index (κ2) is 5.49. The average molecular weight is 265 g/mol. The first-order valence-electron chi connectivity index (χ1n) is 7.51. The van der Waals surface area contributed by atoms with Crippen molar-refractivity contribution in [3.8, 4) is 0 Å². The van der Waals surface area contributed by atoms with Crippen molar-refractivity contribution in [1.82, 2.24) is 15.5 Å². The van der Waals surface area contributed by atoms with Gasteiger partial charge in [0, 0.05) is 31.5 Å². The first-order valence-corrected chi connectivity index (χ1v) is 7.51. The number of nitrogens with one attached hydrogen (secondary N) is 2. The second-order valence-corrected chi connectivity index (χ2v) is 6.17. The highest BCUT2D eigenvalue weighted by Crippen LogP contribution is 2.29. The maximum atomic E-state index is 12.1. The fourth-order valence-electron chi connectivity index (χ4n) is 2.81. The average Bonchev–Trinajstić information content (AvgIpc) is 3.18. The van der Waals surface area contributed by atoms with Crippen LogP contribution in [0.5, 0.6) is 0 Å². The quantitative estimate of drug-likeness (QED) is 0.758. The molecule has 5 heteroatoms. The number of hydrogen-bond donors (Lipinski definition) is 2. The molecule has 3 aliphatic rings. The van der Waals surface area contributed by atoms with Gasteiger partial charge in [0.15, 0.2) is 0 Å². The monoisotopic (exact) mass is 265 g/mol. The molecule has 0 bridgehead atoms. The molecule has 2 amide bonds. The zero-order valence-corrected chi connectivity index (χ0v) is 11.4. The first-order chi connectivity index (χ1) is 9.22. The molecular weight excluding hydrogens is 242 g/mol. The lowest BCUT2D eigenvalue weighted by Gasteiger charge is -2.34. The summed E-state index contributed by atoms with van der Waals surface area (Å²) in [6.07, 6.45) is 4.61. The van der Waals surface area contributed by atoms with Gasteiger partial charge in [-0.3, -0.25) is 9.59 Å². The number of nitrogens with zero attached hydrogens (tertiary/aromatic N) is 1. The number of amides is 2. The van der Waals surface area contributed by atoms with Gasteiger partial charge >= 0.3 is 0 Å². The summed E-state index contributed by atoms with van der Waals surface area (Å²) in [5.41, 5.74) is 0. The van der Waals surface area contributed by atoms with Crippen LogP contribution in [0.4, 0.5) is 0 Å². The van der Waals surface area contributed by atoms with E-state index in [1.807, 2.05) is 4.90 Å². The van der Waals surface area contributed by atoms with Gasteiger partial charge in [0.2, 0.25) is 11.8 Å². The molecule has 2 N–H and O–H groups in total. The number of hydrogen-bond acceptors (Lipinski definition) is 3. The van der Waals surface area contributed by atoms with Crippen LogP contribution >= 0.6 is 0 Å². The highest BCUT2D eigenvalue weighted by Gasteiger charge is 2.32. The van der Waals surface area contributed by atoms with Crippen LogP contribution in [0, 0.1) is 11.8 Å². The molecule has 3 fully saturated rings. The summed E-state index contributed by atoms with van der Waals surface area (Å²) in [6.45, 7) is 3.57. The smallest absolute Gasteiger partial charge is 0.223 e. The lowest BCUT2D eigenvalue weighted by molar-refractivity contribution is -0.133. The Labute approximate surface area is 114 Å². The van der Waals surface area contributed by atoms with E-state index in [-0.39, 0.29) is 17.9 Å². The third kappa shape index (κ3) is 3.26. The van der Waals surface area contributed by atoms with Gasteiger partial charge in [-0.2, -0.15) is 0 Å². The summed E-state index contributed by atoms with van der Waals surface area (Å²) >= 11 is 0. The Hall–Kier alpha value is -1.10. The Morgan fingerprint density at radius 3 is 2.32 bits per heavy atom. The SMILES string of the molecule is O=C(NC1CCN(C(=O)CC2CNC2)CC1)C1CC1. The largest absolute Gasteiger partial charge is 0.353 e. The molecule has 106 valence electrons. The first kappa shape index (κ1) is 12.9. The summed E-state index contributed by atoms with van der Waals surface area (Å²) in [5, 5.41) is 6.31. The Kier molecular flexibility index (Phi) is 3.73. The van der Waals surface area contributed by atoms with Gasteiger partial charge in [0.05, 0.1) is 0 Å². The minimum Gasteiger partial charge on any atom is -0.353 e. The van der Waals surface area contributed by atoms with Crippen LogP contribution in [0.15, 0.2) is 0 Å². The summed E-state index contributed by atoms with van der Waals surface area (Å²) in [6, 6.07) is 0.280. The van der Waals surface area contributed by atoms with Gasteiger partial charge in [-0.15, -0.1) is 0 Å². The number of piperidine rings is 1. The molecule has 5 nitrogen and oxygen atoms in total. The Morgan fingerprint density at radius 1 is 1.11 bits per heavy atom. The fourth-order valence-corrected chi connectivity index (χ4v) is 2.81. The van der Waals surface area contributed by atoms with Crippen molar-refractivity contribution in [3.05, 3.63) is 0 Å². The van der Waals surface area contributed by atoms with E-state index in [0.29, 0.717) is 18.2 Å². The molecule has 0 unspecified atom stereocenters. The van der Waals surface area contributed by atoms with Gasteiger partial charge < -0.3 is 15.5 Å². The van der Waals surface area contributed by atoms with Gasteiger partial charge in [-0.25, -0.2) is 0 Å². The molecular formula is C14H23N3O2. The van der Waals surface area contributed by atoms with Gasteiger partial charge in [0.25, 0.3) is 0 Å². The van der Waals surface area contributed by atoms with Crippen molar-refractivity contribution < 1.29 is 9.59 Å². The van der Waals surface area contributed by atoms with Crippen molar-refractivity contribution in [1.29, 1.82) is 0 Å². The van der Waals surface area contributed by atoms with E-state index < -0.39 is 0 Å². The molecule has 0 spiro atoms. The third-order valence-electron chi connectivity index (χ3n) is 4.47. The molecule has 2 heterocycles. The zero-order valence-electron chi connectivity index (χ0n) is 11.4. The van der Waals surface area contributed by atoms with E-state index >= 15 is 0 Å². The molecule has 0 aromatic heterocycles. The van der Waals surface area contributed by atoms with Gasteiger partial charge in [-0.05, 0) is 44.7 Å². The minimum absolute atomic E-state index is 0.227. The van der Waals surface area contributed by atoms with E-state index in [1.54, 1.807) is 0 Å². The van der Waals surface area contributed by atoms with Crippen LogP contribution in [0.3, 0.4) is 0 Å². The highest BCUT2D eigenvalue weighted by atomic mass is 16.2. The van der Waals surface area contributed by atoms with Crippen LogP contribution in [0.1, 0.15) is 32.1 Å². The van der Waals surface area contributed by atoms with E-state index in [1.165, 1.54) is 0 Å². The number of carbonyl (C=O) groups excluding carboxylic acids is 2. The molecule has 0 aromatic rings. The predicted octanol–water partition coefficient (Wildman–Crippen LogP) is 0.113. The zero-order chi connectivity index (χ0) is 13.2. The minimum atomic E-state index is 0.227. The Morgan fingerprint density at radius 2 is 1.79 bits per heavy atom. The number of rotatable bonds is 4. The maximum Gasteiger partial charge on any atom is 0.223 e. The van der Waals surface area contributed by atoms with Crippen LogP contribution in [-0.4, -0.2) is 48.9 Å². The van der Waals surface area contributed by atoms with Crippen LogP contribution in [0.2, 0.25) is 0 Å². The van der Waals surface area contributed by atoms with Crippen molar-refractivity contribution >= 4 is 11.8 Å². The predicted molar refractivity (Wildman–Crippen MR) is 71.4 cm³/mol. The second-order valence-electron chi connectivity index (χ2n) is 6.17. The van der Waals surface area contributed by atoms with Crippen LogP contribution < -0.4 is 10.6 Å². The number of carbonyl (C=O) groups is 2. The van der Waals surface area contributed by atoms with E-state index in [9.17, 15) is 9.59 Å². The van der Waals surface area contributed by atoms with Crippen molar-refractivity contribution in [3.63, 3.8) is 0 Å². The van der Waals surface area contributed by atoms with E-state index in [0.717, 1.165) is 51.9 Å². The Balaban J connectivity index is 1.38. The lowest BCUT2D eigenvalue weighted by Crippen LogP contribution is -2.49. The van der Waals surface area contributed by atoms with Crippen LogP contribution in [-0.2, 0) is 9.59 Å². The summed E-state index contributed by atoms with van der Waals surface area (Å²) < 4.78 is 0. The molecule has 0 atom stereocenters. The van der Waals surface area contributed by atoms with Crippen molar-refractivity contribution in [2.45, 2.75) is 38.1 Å². The molecule has 1 saturated carbocycles. The Bertz CT molecular complexity index is 356. The molecule has 0 aromatic carbocycles. The van der Waals surface area contributed by atoms with E-state index in [4.69, 9.17) is 0 Å². The molecule has 0 radical (unpaired) electrons. The third-order valence-corrected chi connectivity index (χ3v) is 4.47. The molecule has 2 saturated heterocycles. The van der Waals surface area contributed by atoms with Crippen molar-refractivity contribution in [2.24, 2.45) is 11.8 Å². The molecule has 3 rings (SSSR count).